The van der Waals surface area contributed by atoms with Crippen molar-refractivity contribution in [3.05, 3.63) is 59.7 Å². The summed E-state index contributed by atoms with van der Waals surface area (Å²) in [5.74, 6) is 0.0452. The van der Waals surface area contributed by atoms with Crippen LogP contribution in [0.4, 0.5) is 0 Å². The van der Waals surface area contributed by atoms with Gasteiger partial charge in [-0.1, -0.05) is 24.3 Å². The summed E-state index contributed by atoms with van der Waals surface area (Å²) in [4.78, 5) is 0.153. The first-order valence-corrected chi connectivity index (χ1v) is 7.80. The van der Waals surface area contributed by atoms with Crippen LogP contribution in [0.5, 0.6) is 5.75 Å². The summed E-state index contributed by atoms with van der Waals surface area (Å²) < 4.78 is 26.6. The Bertz CT molecular complexity index is 679. The molecule has 0 bridgehead atoms. The third-order valence-corrected chi connectivity index (χ3v) is 4.57. The van der Waals surface area contributed by atoms with Crippen molar-refractivity contribution in [2.75, 3.05) is 6.54 Å². The number of aromatic hydroxyl groups is 1. The first-order valence-electron chi connectivity index (χ1n) is 6.32. The van der Waals surface area contributed by atoms with E-state index >= 15 is 0 Å². The normalized spacial score (nSPS) is 11.4. The molecule has 0 saturated carbocycles. The SMILES string of the molecule is Cc1ccccc1CCNS(=O)(=O)c1ccc(O)cc1. The van der Waals surface area contributed by atoms with E-state index < -0.39 is 10.0 Å². The lowest BCUT2D eigenvalue weighted by Gasteiger charge is -2.08. The largest absolute Gasteiger partial charge is 0.508 e. The molecule has 0 heterocycles. The fourth-order valence-electron chi connectivity index (χ4n) is 1.92. The molecule has 20 heavy (non-hydrogen) atoms. The summed E-state index contributed by atoms with van der Waals surface area (Å²) in [6, 6.07) is 13.4. The van der Waals surface area contributed by atoms with Crippen molar-refractivity contribution in [3.63, 3.8) is 0 Å². The Hall–Kier alpha value is -1.85. The summed E-state index contributed by atoms with van der Waals surface area (Å²) in [6.07, 6.45) is 0.643. The molecular formula is C15H17NO3S. The minimum atomic E-state index is -3.52. The molecule has 0 saturated heterocycles. The van der Waals surface area contributed by atoms with Gasteiger partial charge in [-0.2, -0.15) is 0 Å². The molecule has 106 valence electrons. The zero-order chi connectivity index (χ0) is 14.6. The molecule has 2 N–H and O–H groups in total. The second-order valence-electron chi connectivity index (χ2n) is 4.57. The molecule has 0 fully saturated rings. The molecule has 0 atom stereocenters. The summed E-state index contributed by atoms with van der Waals surface area (Å²) in [5.41, 5.74) is 2.28. The second kappa shape index (κ2) is 6.07. The molecule has 0 unspecified atom stereocenters. The average Bonchev–Trinajstić information content (AvgIpc) is 2.41. The van der Waals surface area contributed by atoms with E-state index in [9.17, 15) is 8.42 Å². The van der Waals surface area contributed by atoms with Gasteiger partial charge < -0.3 is 5.11 Å². The maximum absolute atomic E-state index is 12.0. The highest BCUT2D eigenvalue weighted by atomic mass is 32.2. The van der Waals surface area contributed by atoms with Crippen LogP contribution in [0.1, 0.15) is 11.1 Å². The van der Waals surface area contributed by atoms with E-state index in [0.717, 1.165) is 11.1 Å². The smallest absolute Gasteiger partial charge is 0.240 e. The van der Waals surface area contributed by atoms with E-state index in [0.29, 0.717) is 13.0 Å². The lowest BCUT2D eigenvalue weighted by molar-refractivity contribution is 0.474. The standard InChI is InChI=1S/C15H17NO3S/c1-12-4-2-3-5-13(12)10-11-16-20(18,19)15-8-6-14(17)7-9-15/h2-9,16-17H,10-11H2,1H3. The summed E-state index contributed by atoms with van der Waals surface area (Å²) in [7, 11) is -3.52. The van der Waals surface area contributed by atoms with Crippen molar-refractivity contribution in [2.24, 2.45) is 0 Å². The van der Waals surface area contributed by atoms with Crippen molar-refractivity contribution < 1.29 is 13.5 Å². The zero-order valence-corrected chi connectivity index (χ0v) is 12.0. The minimum absolute atomic E-state index is 0.0452. The number of nitrogens with one attached hydrogen (secondary N) is 1. The molecule has 0 spiro atoms. The number of hydrogen-bond donors (Lipinski definition) is 2. The Balaban J connectivity index is 2.00. The number of sulfonamides is 1. The maximum atomic E-state index is 12.0. The van der Waals surface area contributed by atoms with Crippen LogP contribution in [0.25, 0.3) is 0 Å². The van der Waals surface area contributed by atoms with Gasteiger partial charge in [0.25, 0.3) is 0 Å². The summed E-state index contributed by atoms with van der Waals surface area (Å²) in [6.45, 7) is 2.35. The van der Waals surface area contributed by atoms with Crippen molar-refractivity contribution in [1.82, 2.24) is 4.72 Å². The third-order valence-electron chi connectivity index (χ3n) is 3.09. The molecule has 0 amide bonds. The van der Waals surface area contributed by atoms with Gasteiger partial charge in [0.2, 0.25) is 10.0 Å². The minimum Gasteiger partial charge on any atom is -0.508 e. The van der Waals surface area contributed by atoms with E-state index in [1.807, 2.05) is 31.2 Å². The number of phenolic OH excluding ortho intramolecular Hbond substituents is 1. The molecule has 0 aliphatic carbocycles. The molecule has 2 rings (SSSR count). The highest BCUT2D eigenvalue weighted by Crippen LogP contribution is 2.14. The Morgan fingerprint density at radius 3 is 2.35 bits per heavy atom. The molecule has 0 radical (unpaired) electrons. The van der Waals surface area contributed by atoms with Gasteiger partial charge in [-0.15, -0.1) is 0 Å². The molecule has 2 aromatic carbocycles. The van der Waals surface area contributed by atoms with Gasteiger partial charge >= 0.3 is 0 Å². The average molecular weight is 291 g/mol. The van der Waals surface area contributed by atoms with E-state index in [2.05, 4.69) is 4.72 Å². The Morgan fingerprint density at radius 2 is 1.70 bits per heavy atom. The zero-order valence-electron chi connectivity index (χ0n) is 11.2. The molecule has 2 aromatic rings. The van der Waals surface area contributed by atoms with Crippen LogP contribution in [0.2, 0.25) is 0 Å². The summed E-state index contributed by atoms with van der Waals surface area (Å²) >= 11 is 0. The van der Waals surface area contributed by atoms with Gasteiger partial charge in [0, 0.05) is 6.54 Å². The van der Waals surface area contributed by atoms with Crippen molar-refractivity contribution in [2.45, 2.75) is 18.2 Å². The highest BCUT2D eigenvalue weighted by molar-refractivity contribution is 7.89. The molecule has 4 nitrogen and oxygen atoms in total. The number of benzene rings is 2. The van der Waals surface area contributed by atoms with Crippen LogP contribution >= 0.6 is 0 Å². The van der Waals surface area contributed by atoms with Crippen LogP contribution in [0, 0.1) is 6.92 Å². The Labute approximate surface area is 119 Å². The number of hydrogen-bond acceptors (Lipinski definition) is 3. The molecule has 0 aliphatic rings. The van der Waals surface area contributed by atoms with E-state index in [1.165, 1.54) is 24.3 Å². The number of aryl methyl sites for hydroxylation is 1. The van der Waals surface area contributed by atoms with Crippen LogP contribution in [0.15, 0.2) is 53.4 Å². The molecule has 0 aliphatic heterocycles. The quantitative estimate of drug-likeness (QED) is 0.887. The lowest BCUT2D eigenvalue weighted by atomic mass is 10.1. The number of rotatable bonds is 5. The lowest BCUT2D eigenvalue weighted by Crippen LogP contribution is -2.26. The van der Waals surface area contributed by atoms with Crippen LogP contribution in [-0.4, -0.2) is 20.1 Å². The molecular weight excluding hydrogens is 274 g/mol. The van der Waals surface area contributed by atoms with Gasteiger partial charge in [-0.3, -0.25) is 0 Å². The van der Waals surface area contributed by atoms with Crippen LogP contribution in [0.3, 0.4) is 0 Å². The van der Waals surface area contributed by atoms with Crippen molar-refractivity contribution in [3.8, 4) is 5.75 Å². The fraction of sp³-hybridized carbons (Fsp3) is 0.200. The highest BCUT2D eigenvalue weighted by Gasteiger charge is 2.13. The van der Waals surface area contributed by atoms with Gasteiger partial charge in [0.1, 0.15) is 5.75 Å². The number of phenols is 1. The molecule has 5 heteroatoms. The Kier molecular flexibility index (Phi) is 4.42. The first-order chi connectivity index (χ1) is 9.49. The van der Waals surface area contributed by atoms with Gasteiger partial charge in [0.05, 0.1) is 4.90 Å². The second-order valence-corrected chi connectivity index (χ2v) is 6.34. The van der Waals surface area contributed by atoms with Crippen LogP contribution < -0.4 is 4.72 Å². The van der Waals surface area contributed by atoms with E-state index in [-0.39, 0.29) is 10.6 Å². The summed E-state index contributed by atoms with van der Waals surface area (Å²) in [5, 5.41) is 9.16. The Morgan fingerprint density at radius 1 is 1.05 bits per heavy atom. The van der Waals surface area contributed by atoms with Crippen molar-refractivity contribution in [1.29, 1.82) is 0 Å². The van der Waals surface area contributed by atoms with E-state index in [4.69, 9.17) is 5.11 Å². The van der Waals surface area contributed by atoms with E-state index in [1.54, 1.807) is 0 Å². The van der Waals surface area contributed by atoms with Gasteiger partial charge in [-0.05, 0) is 48.7 Å². The first kappa shape index (κ1) is 14.6. The predicted octanol–water partition coefficient (Wildman–Crippen LogP) is 2.22. The third kappa shape index (κ3) is 3.59. The van der Waals surface area contributed by atoms with Crippen LogP contribution in [-0.2, 0) is 16.4 Å². The predicted molar refractivity (Wildman–Crippen MR) is 78.2 cm³/mol. The molecule has 0 aromatic heterocycles. The van der Waals surface area contributed by atoms with Gasteiger partial charge in [0.15, 0.2) is 0 Å². The monoisotopic (exact) mass is 291 g/mol. The fourth-order valence-corrected chi connectivity index (χ4v) is 2.95. The van der Waals surface area contributed by atoms with Gasteiger partial charge in [-0.25, -0.2) is 13.1 Å². The maximum Gasteiger partial charge on any atom is 0.240 e. The topological polar surface area (TPSA) is 66.4 Å². The van der Waals surface area contributed by atoms with Crippen molar-refractivity contribution >= 4 is 10.0 Å².